The summed E-state index contributed by atoms with van der Waals surface area (Å²) in [6.07, 6.45) is 2.98. The fourth-order valence-electron chi connectivity index (χ4n) is 2.26. The Balaban J connectivity index is 1.88. The third-order valence-electron chi connectivity index (χ3n) is 3.32. The molecule has 8 heteroatoms. The molecule has 1 unspecified atom stereocenters. The number of aromatic nitrogens is 2. The maximum atomic E-state index is 12.0. The van der Waals surface area contributed by atoms with Crippen molar-refractivity contribution in [2.45, 2.75) is 19.4 Å². The number of carboxylic acid groups (broad SMARTS) is 1. The molecule has 2 N–H and O–H groups in total. The first kappa shape index (κ1) is 14.6. The second-order valence-electron chi connectivity index (χ2n) is 4.88. The number of carbonyl (C=O) groups excluding carboxylic acids is 1. The van der Waals surface area contributed by atoms with E-state index in [1.54, 1.807) is 17.9 Å². The van der Waals surface area contributed by atoms with Crippen LogP contribution in [0, 0.1) is 5.92 Å². The number of carboxylic acids is 1. The molecule has 1 aliphatic rings. The standard InChI is InChI=1S/C12H17ClN4O3/c1-16-7-9(13)10(15-16)5-14-12(20)17-4-2-3-8(6-17)11(18)19/h7-8H,2-6H2,1H3,(H,14,20)(H,18,19). The van der Waals surface area contributed by atoms with E-state index in [1.807, 2.05) is 0 Å². The number of aliphatic carboxylic acids is 1. The van der Waals surface area contributed by atoms with Crippen molar-refractivity contribution in [2.24, 2.45) is 13.0 Å². The van der Waals surface area contributed by atoms with Crippen LogP contribution in [0.25, 0.3) is 0 Å². The Morgan fingerprint density at radius 1 is 1.60 bits per heavy atom. The van der Waals surface area contributed by atoms with Gasteiger partial charge in [0.05, 0.1) is 17.5 Å². The Hall–Kier alpha value is -1.76. The van der Waals surface area contributed by atoms with Gasteiger partial charge in [-0.25, -0.2) is 4.79 Å². The molecule has 2 rings (SSSR count). The molecule has 2 amide bonds. The van der Waals surface area contributed by atoms with Crippen LogP contribution in [0.5, 0.6) is 0 Å². The predicted molar refractivity (Wildman–Crippen MR) is 72.4 cm³/mol. The summed E-state index contributed by atoms with van der Waals surface area (Å²) in [5.41, 5.74) is 0.592. The number of urea groups is 1. The summed E-state index contributed by atoms with van der Waals surface area (Å²) >= 11 is 5.95. The molecule has 1 aliphatic heterocycles. The minimum absolute atomic E-state index is 0.229. The molecule has 0 radical (unpaired) electrons. The highest BCUT2D eigenvalue weighted by molar-refractivity contribution is 6.31. The Morgan fingerprint density at radius 2 is 2.35 bits per heavy atom. The lowest BCUT2D eigenvalue weighted by atomic mass is 9.99. The van der Waals surface area contributed by atoms with E-state index < -0.39 is 11.9 Å². The minimum Gasteiger partial charge on any atom is -0.481 e. The number of rotatable bonds is 3. The molecule has 110 valence electrons. The van der Waals surface area contributed by atoms with Crippen LogP contribution in [0.15, 0.2) is 6.20 Å². The van der Waals surface area contributed by atoms with E-state index in [-0.39, 0.29) is 19.1 Å². The summed E-state index contributed by atoms with van der Waals surface area (Å²) in [4.78, 5) is 24.5. The molecule has 0 saturated carbocycles. The van der Waals surface area contributed by atoms with Gasteiger partial charge in [-0.3, -0.25) is 9.48 Å². The predicted octanol–water partition coefficient (Wildman–Crippen LogP) is 1.08. The van der Waals surface area contributed by atoms with Gasteiger partial charge in [-0.15, -0.1) is 0 Å². The molecule has 1 aromatic heterocycles. The van der Waals surface area contributed by atoms with E-state index in [9.17, 15) is 9.59 Å². The van der Waals surface area contributed by atoms with Crippen LogP contribution in [-0.4, -0.2) is 44.9 Å². The normalized spacial score (nSPS) is 18.9. The number of aryl methyl sites for hydroxylation is 1. The number of hydrogen-bond donors (Lipinski definition) is 2. The van der Waals surface area contributed by atoms with Crippen LogP contribution in [0.1, 0.15) is 18.5 Å². The SMILES string of the molecule is Cn1cc(Cl)c(CNC(=O)N2CCCC(C(=O)O)C2)n1. The van der Waals surface area contributed by atoms with Crippen LogP contribution in [0.2, 0.25) is 5.02 Å². The molecule has 0 spiro atoms. The molecular formula is C12H17ClN4O3. The number of hydrogen-bond acceptors (Lipinski definition) is 3. The van der Waals surface area contributed by atoms with Crippen molar-refractivity contribution in [3.63, 3.8) is 0 Å². The molecular weight excluding hydrogens is 284 g/mol. The van der Waals surface area contributed by atoms with Crippen LogP contribution >= 0.6 is 11.6 Å². The lowest BCUT2D eigenvalue weighted by Crippen LogP contribution is -2.46. The fourth-order valence-corrected chi connectivity index (χ4v) is 2.51. The number of piperidine rings is 1. The summed E-state index contributed by atoms with van der Waals surface area (Å²) in [5.74, 6) is -1.33. The summed E-state index contributed by atoms with van der Waals surface area (Å²) in [7, 11) is 1.75. The van der Waals surface area contributed by atoms with E-state index in [0.29, 0.717) is 30.1 Å². The number of carbonyl (C=O) groups is 2. The third kappa shape index (κ3) is 3.41. The number of nitrogens with one attached hydrogen (secondary N) is 1. The molecule has 1 saturated heterocycles. The van der Waals surface area contributed by atoms with Crippen molar-refractivity contribution < 1.29 is 14.7 Å². The van der Waals surface area contributed by atoms with Gasteiger partial charge in [0.25, 0.3) is 0 Å². The number of likely N-dealkylation sites (tertiary alicyclic amines) is 1. The second-order valence-corrected chi connectivity index (χ2v) is 5.29. The number of amides is 2. The van der Waals surface area contributed by atoms with E-state index in [1.165, 1.54) is 4.90 Å². The largest absolute Gasteiger partial charge is 0.481 e. The summed E-state index contributed by atoms with van der Waals surface area (Å²) in [6, 6.07) is -0.280. The summed E-state index contributed by atoms with van der Waals surface area (Å²) in [6.45, 7) is 1.05. The minimum atomic E-state index is -0.852. The molecule has 0 aliphatic carbocycles. The molecule has 20 heavy (non-hydrogen) atoms. The highest BCUT2D eigenvalue weighted by Gasteiger charge is 2.28. The van der Waals surface area contributed by atoms with Gasteiger partial charge in [-0.05, 0) is 12.8 Å². The zero-order chi connectivity index (χ0) is 14.7. The Labute approximate surface area is 121 Å². The molecule has 0 bridgehead atoms. The lowest BCUT2D eigenvalue weighted by Gasteiger charge is -2.30. The highest BCUT2D eigenvalue weighted by atomic mass is 35.5. The molecule has 7 nitrogen and oxygen atoms in total. The quantitative estimate of drug-likeness (QED) is 0.874. The summed E-state index contributed by atoms with van der Waals surface area (Å²) in [5, 5.41) is 16.3. The van der Waals surface area contributed by atoms with Crippen molar-refractivity contribution in [1.82, 2.24) is 20.0 Å². The molecule has 0 aromatic carbocycles. The Bertz CT molecular complexity index is 517. The van der Waals surface area contributed by atoms with Crippen molar-refractivity contribution in [3.8, 4) is 0 Å². The molecule has 1 atom stereocenters. The smallest absolute Gasteiger partial charge is 0.317 e. The zero-order valence-electron chi connectivity index (χ0n) is 11.2. The van der Waals surface area contributed by atoms with E-state index in [4.69, 9.17) is 16.7 Å². The maximum Gasteiger partial charge on any atom is 0.317 e. The average Bonchev–Trinajstić information content (AvgIpc) is 2.74. The van der Waals surface area contributed by atoms with Crippen molar-refractivity contribution in [3.05, 3.63) is 16.9 Å². The van der Waals surface area contributed by atoms with Gasteiger partial charge in [-0.2, -0.15) is 5.10 Å². The van der Waals surface area contributed by atoms with Crippen LogP contribution in [0.4, 0.5) is 4.79 Å². The lowest BCUT2D eigenvalue weighted by molar-refractivity contribution is -0.143. The van der Waals surface area contributed by atoms with E-state index in [0.717, 1.165) is 0 Å². The Kier molecular flexibility index (Phi) is 4.49. The number of nitrogens with zero attached hydrogens (tertiary/aromatic N) is 3. The highest BCUT2D eigenvalue weighted by Crippen LogP contribution is 2.17. The van der Waals surface area contributed by atoms with Crippen LogP contribution < -0.4 is 5.32 Å². The topological polar surface area (TPSA) is 87.5 Å². The first-order chi connectivity index (χ1) is 9.47. The van der Waals surface area contributed by atoms with Gasteiger partial charge in [0.2, 0.25) is 0 Å². The fraction of sp³-hybridized carbons (Fsp3) is 0.583. The van der Waals surface area contributed by atoms with Gasteiger partial charge in [0.1, 0.15) is 5.69 Å². The molecule has 1 aromatic rings. The second kappa shape index (κ2) is 6.13. The Morgan fingerprint density at radius 3 is 2.95 bits per heavy atom. The molecule has 1 fully saturated rings. The monoisotopic (exact) mass is 300 g/mol. The van der Waals surface area contributed by atoms with Gasteiger partial charge >= 0.3 is 12.0 Å². The van der Waals surface area contributed by atoms with Crippen molar-refractivity contribution in [1.29, 1.82) is 0 Å². The van der Waals surface area contributed by atoms with Crippen molar-refractivity contribution >= 4 is 23.6 Å². The van der Waals surface area contributed by atoms with Gasteiger partial charge < -0.3 is 15.3 Å². The van der Waals surface area contributed by atoms with E-state index in [2.05, 4.69) is 10.4 Å². The van der Waals surface area contributed by atoms with Crippen LogP contribution in [0.3, 0.4) is 0 Å². The third-order valence-corrected chi connectivity index (χ3v) is 3.63. The van der Waals surface area contributed by atoms with Gasteiger partial charge in [0.15, 0.2) is 0 Å². The number of halogens is 1. The molecule has 2 heterocycles. The van der Waals surface area contributed by atoms with Gasteiger partial charge in [-0.1, -0.05) is 11.6 Å². The van der Waals surface area contributed by atoms with Crippen molar-refractivity contribution in [2.75, 3.05) is 13.1 Å². The first-order valence-electron chi connectivity index (χ1n) is 6.41. The van der Waals surface area contributed by atoms with Crippen LogP contribution in [-0.2, 0) is 18.4 Å². The summed E-state index contributed by atoms with van der Waals surface area (Å²) < 4.78 is 1.57. The van der Waals surface area contributed by atoms with E-state index >= 15 is 0 Å². The van der Waals surface area contributed by atoms with Gasteiger partial charge in [0, 0.05) is 26.3 Å². The average molecular weight is 301 g/mol. The maximum absolute atomic E-state index is 12.0. The first-order valence-corrected chi connectivity index (χ1v) is 6.78. The zero-order valence-corrected chi connectivity index (χ0v) is 11.9.